The van der Waals surface area contributed by atoms with Crippen molar-refractivity contribution in [3.63, 3.8) is 0 Å². The van der Waals surface area contributed by atoms with Gasteiger partial charge in [-0.2, -0.15) is 0 Å². The maximum absolute atomic E-state index is 5.68. The van der Waals surface area contributed by atoms with Crippen molar-refractivity contribution in [2.75, 3.05) is 6.61 Å². The maximum Gasteiger partial charge on any atom is 0.0598 e. The van der Waals surface area contributed by atoms with Crippen LogP contribution < -0.4 is 0 Å². The van der Waals surface area contributed by atoms with E-state index in [2.05, 4.69) is 41.5 Å². The Balaban J connectivity index is 3.20. The molecule has 0 radical (unpaired) electrons. The Morgan fingerprint density at radius 2 is 1.27 bits per heavy atom. The van der Waals surface area contributed by atoms with Crippen LogP contribution in [0.5, 0.6) is 0 Å². The first-order chi connectivity index (χ1) is 6.71. The first-order valence-electron chi connectivity index (χ1n) is 6.35. The van der Waals surface area contributed by atoms with E-state index in [0.29, 0.717) is 5.41 Å². The Morgan fingerprint density at radius 1 is 0.733 bits per heavy atom. The molecule has 0 aromatic carbocycles. The second kappa shape index (κ2) is 6.52. The molecule has 0 aromatic heterocycles. The van der Waals surface area contributed by atoms with Gasteiger partial charge in [-0.15, -0.1) is 0 Å². The molecule has 0 aromatic rings. The highest BCUT2D eigenvalue weighted by Gasteiger charge is 2.10. The zero-order valence-corrected chi connectivity index (χ0v) is 11.7. The third-order valence-electron chi connectivity index (χ3n) is 2.36. The van der Waals surface area contributed by atoms with Crippen molar-refractivity contribution in [2.45, 2.75) is 79.2 Å². The molecule has 0 saturated carbocycles. The van der Waals surface area contributed by atoms with Gasteiger partial charge >= 0.3 is 0 Å². The van der Waals surface area contributed by atoms with Crippen LogP contribution in [0.25, 0.3) is 0 Å². The average Bonchev–Trinajstić information content (AvgIpc) is 1.98. The van der Waals surface area contributed by atoms with Gasteiger partial charge in [-0.05, 0) is 39.0 Å². The Bertz CT molecular complexity index is 130. The minimum atomic E-state index is 0.0331. The van der Waals surface area contributed by atoms with Gasteiger partial charge in [0.15, 0.2) is 0 Å². The van der Waals surface area contributed by atoms with Crippen LogP contribution in [0, 0.1) is 5.41 Å². The summed E-state index contributed by atoms with van der Waals surface area (Å²) in [5.74, 6) is 0. The minimum absolute atomic E-state index is 0.0331. The molecule has 0 atom stereocenters. The minimum Gasteiger partial charge on any atom is -0.376 e. The highest BCUT2D eigenvalue weighted by atomic mass is 16.5. The lowest BCUT2D eigenvalue weighted by molar-refractivity contribution is -0.00477. The second-order valence-corrected chi connectivity index (χ2v) is 6.69. The molecular formula is C14H30O. The third kappa shape index (κ3) is 14.0. The molecule has 1 heteroatoms. The van der Waals surface area contributed by atoms with E-state index in [1.165, 1.54) is 32.1 Å². The van der Waals surface area contributed by atoms with E-state index in [4.69, 9.17) is 4.74 Å². The Hall–Kier alpha value is -0.0400. The molecule has 0 bridgehead atoms. The summed E-state index contributed by atoms with van der Waals surface area (Å²) >= 11 is 0. The van der Waals surface area contributed by atoms with Crippen molar-refractivity contribution in [1.29, 1.82) is 0 Å². The van der Waals surface area contributed by atoms with Gasteiger partial charge in [0.25, 0.3) is 0 Å². The molecule has 0 aliphatic rings. The lowest BCUT2D eigenvalue weighted by atomic mass is 9.89. The summed E-state index contributed by atoms with van der Waals surface area (Å²) in [5.41, 5.74) is 0.535. The maximum atomic E-state index is 5.68. The average molecular weight is 214 g/mol. The van der Waals surface area contributed by atoms with E-state index in [9.17, 15) is 0 Å². The normalized spacial score (nSPS) is 13.2. The summed E-state index contributed by atoms with van der Waals surface area (Å²) in [6.07, 6.45) is 6.57. The lowest BCUT2D eigenvalue weighted by Crippen LogP contribution is -2.19. The van der Waals surface area contributed by atoms with Crippen molar-refractivity contribution in [3.05, 3.63) is 0 Å². The molecule has 1 nitrogen and oxygen atoms in total. The Labute approximate surface area is 96.6 Å². The van der Waals surface area contributed by atoms with E-state index in [-0.39, 0.29) is 5.60 Å². The van der Waals surface area contributed by atoms with E-state index in [1.54, 1.807) is 0 Å². The first-order valence-corrected chi connectivity index (χ1v) is 6.35. The molecule has 0 aliphatic carbocycles. The molecule has 92 valence electrons. The van der Waals surface area contributed by atoms with Crippen LogP contribution in [0.15, 0.2) is 0 Å². The van der Waals surface area contributed by atoms with Crippen LogP contribution in [-0.2, 0) is 4.74 Å². The molecule has 0 heterocycles. The number of hydrogen-bond donors (Lipinski definition) is 0. The van der Waals surface area contributed by atoms with Crippen molar-refractivity contribution < 1.29 is 4.74 Å². The van der Waals surface area contributed by atoms with Gasteiger partial charge in [0.1, 0.15) is 0 Å². The summed E-state index contributed by atoms with van der Waals surface area (Å²) in [4.78, 5) is 0. The van der Waals surface area contributed by atoms with Gasteiger partial charge in [0, 0.05) is 6.61 Å². The molecule has 0 fully saturated rings. The van der Waals surface area contributed by atoms with Crippen LogP contribution in [0.2, 0.25) is 0 Å². The van der Waals surface area contributed by atoms with E-state index >= 15 is 0 Å². The predicted octanol–water partition coefficient (Wildman–Crippen LogP) is 4.80. The third-order valence-corrected chi connectivity index (χ3v) is 2.36. The first kappa shape index (κ1) is 15.0. The fourth-order valence-electron chi connectivity index (χ4n) is 1.49. The SMILES string of the molecule is CC(C)(C)CCCCCCOC(C)(C)C. The quantitative estimate of drug-likeness (QED) is 0.577. The van der Waals surface area contributed by atoms with E-state index in [1.807, 2.05) is 0 Å². The highest BCUT2D eigenvalue weighted by molar-refractivity contribution is 4.61. The van der Waals surface area contributed by atoms with Crippen molar-refractivity contribution >= 4 is 0 Å². The second-order valence-electron chi connectivity index (χ2n) is 6.69. The molecule has 0 rings (SSSR count). The van der Waals surface area contributed by atoms with Crippen LogP contribution >= 0.6 is 0 Å². The largest absolute Gasteiger partial charge is 0.376 e. The van der Waals surface area contributed by atoms with Gasteiger partial charge in [-0.3, -0.25) is 0 Å². The number of rotatable bonds is 6. The molecule has 15 heavy (non-hydrogen) atoms. The van der Waals surface area contributed by atoms with Crippen LogP contribution in [0.1, 0.15) is 73.6 Å². The summed E-state index contributed by atoms with van der Waals surface area (Å²) in [5, 5.41) is 0. The van der Waals surface area contributed by atoms with E-state index < -0.39 is 0 Å². The molecule has 0 N–H and O–H groups in total. The smallest absolute Gasteiger partial charge is 0.0598 e. The fraction of sp³-hybridized carbons (Fsp3) is 1.00. The van der Waals surface area contributed by atoms with Crippen molar-refractivity contribution in [2.24, 2.45) is 5.41 Å². The van der Waals surface area contributed by atoms with Crippen LogP contribution in [0.4, 0.5) is 0 Å². The standard InChI is InChI=1S/C14H30O/c1-13(2,3)11-9-7-8-10-12-15-14(4,5)6/h7-12H2,1-6H3. The fourth-order valence-corrected chi connectivity index (χ4v) is 1.49. The predicted molar refractivity (Wildman–Crippen MR) is 68.2 cm³/mol. The van der Waals surface area contributed by atoms with Gasteiger partial charge in [-0.1, -0.05) is 40.0 Å². The zero-order valence-electron chi connectivity index (χ0n) is 11.7. The summed E-state index contributed by atoms with van der Waals surface area (Å²) < 4.78 is 5.68. The highest BCUT2D eigenvalue weighted by Crippen LogP contribution is 2.22. The monoisotopic (exact) mass is 214 g/mol. The zero-order chi connectivity index (χ0) is 11.9. The lowest BCUT2D eigenvalue weighted by Gasteiger charge is -2.19. The van der Waals surface area contributed by atoms with Crippen LogP contribution in [-0.4, -0.2) is 12.2 Å². The summed E-state index contributed by atoms with van der Waals surface area (Å²) in [7, 11) is 0. The summed E-state index contributed by atoms with van der Waals surface area (Å²) in [6, 6.07) is 0. The molecule has 0 spiro atoms. The number of hydrogen-bond acceptors (Lipinski definition) is 1. The summed E-state index contributed by atoms with van der Waals surface area (Å²) in [6.45, 7) is 14.2. The van der Waals surface area contributed by atoms with Gasteiger partial charge in [0.05, 0.1) is 5.60 Å². The Morgan fingerprint density at radius 3 is 1.73 bits per heavy atom. The van der Waals surface area contributed by atoms with Gasteiger partial charge in [0.2, 0.25) is 0 Å². The topological polar surface area (TPSA) is 9.23 Å². The molecule has 0 unspecified atom stereocenters. The number of unbranched alkanes of at least 4 members (excludes halogenated alkanes) is 3. The Kier molecular flexibility index (Phi) is 6.51. The molecular weight excluding hydrogens is 184 g/mol. The molecule has 0 saturated heterocycles. The van der Waals surface area contributed by atoms with Crippen molar-refractivity contribution in [1.82, 2.24) is 0 Å². The number of ether oxygens (including phenoxy) is 1. The van der Waals surface area contributed by atoms with Gasteiger partial charge in [-0.25, -0.2) is 0 Å². The van der Waals surface area contributed by atoms with Crippen molar-refractivity contribution in [3.8, 4) is 0 Å². The molecule has 0 amide bonds. The van der Waals surface area contributed by atoms with Gasteiger partial charge < -0.3 is 4.74 Å². The van der Waals surface area contributed by atoms with E-state index in [0.717, 1.165) is 6.61 Å². The van der Waals surface area contributed by atoms with Crippen LogP contribution in [0.3, 0.4) is 0 Å². The molecule has 0 aliphatic heterocycles.